The Hall–Kier alpha value is -3.46. The third-order valence-electron chi connectivity index (χ3n) is 4.34. The summed E-state index contributed by atoms with van der Waals surface area (Å²) in [6.07, 6.45) is 0. The molecule has 126 valence electrons. The zero-order valence-corrected chi connectivity index (χ0v) is 14.5. The Balaban J connectivity index is 1.86. The number of hydrogen-bond acceptors (Lipinski definition) is 2. The average Bonchev–Trinajstić information content (AvgIpc) is 3.15. The van der Waals surface area contributed by atoms with E-state index in [0.717, 1.165) is 22.5 Å². The molecule has 0 aliphatic carbocycles. The molecule has 0 saturated heterocycles. The second-order valence-corrected chi connectivity index (χ2v) is 6.23. The minimum Gasteiger partial charge on any atom is -0.267 e. The summed E-state index contributed by atoms with van der Waals surface area (Å²) in [5, 5.41) is 4.63. The van der Waals surface area contributed by atoms with E-state index in [0.29, 0.717) is 5.56 Å². The Morgan fingerprint density at radius 2 is 1.38 bits per heavy atom. The fourth-order valence-electron chi connectivity index (χ4n) is 2.92. The quantitative estimate of drug-likeness (QED) is 0.514. The van der Waals surface area contributed by atoms with Crippen LogP contribution < -0.4 is 0 Å². The lowest BCUT2D eigenvalue weighted by Crippen LogP contribution is -2.14. The van der Waals surface area contributed by atoms with Crippen LogP contribution in [0.2, 0.25) is 0 Å². The molecule has 0 saturated carbocycles. The molecule has 0 aliphatic rings. The third-order valence-corrected chi connectivity index (χ3v) is 4.34. The van der Waals surface area contributed by atoms with Gasteiger partial charge in [-0.3, -0.25) is 4.79 Å². The first-order valence-electron chi connectivity index (χ1n) is 8.55. The van der Waals surface area contributed by atoms with Crippen molar-refractivity contribution in [1.82, 2.24) is 9.78 Å². The van der Waals surface area contributed by atoms with Crippen LogP contribution in [0.5, 0.6) is 0 Å². The molecule has 0 aliphatic heterocycles. The van der Waals surface area contributed by atoms with Gasteiger partial charge >= 0.3 is 0 Å². The van der Waals surface area contributed by atoms with Gasteiger partial charge in [-0.25, -0.2) is 0 Å². The lowest BCUT2D eigenvalue weighted by atomic mass is 10.1. The topological polar surface area (TPSA) is 34.9 Å². The molecule has 4 aromatic rings. The highest BCUT2D eigenvalue weighted by atomic mass is 16.2. The molecule has 0 spiro atoms. The first-order valence-corrected chi connectivity index (χ1v) is 8.55. The van der Waals surface area contributed by atoms with Crippen LogP contribution in [0.3, 0.4) is 0 Å². The Morgan fingerprint density at radius 1 is 0.769 bits per heavy atom. The molecule has 0 amide bonds. The van der Waals surface area contributed by atoms with Crippen molar-refractivity contribution in [3.05, 3.63) is 102 Å². The van der Waals surface area contributed by atoms with E-state index in [1.54, 1.807) is 0 Å². The van der Waals surface area contributed by atoms with Crippen LogP contribution in [0, 0.1) is 6.92 Å². The molecule has 1 heterocycles. The van der Waals surface area contributed by atoms with E-state index >= 15 is 0 Å². The number of rotatable bonds is 3. The van der Waals surface area contributed by atoms with Crippen molar-refractivity contribution < 1.29 is 4.79 Å². The molecule has 0 fully saturated rings. The highest BCUT2D eigenvalue weighted by Gasteiger charge is 2.18. The van der Waals surface area contributed by atoms with Crippen LogP contribution in [0.4, 0.5) is 0 Å². The van der Waals surface area contributed by atoms with Crippen LogP contribution >= 0.6 is 0 Å². The summed E-state index contributed by atoms with van der Waals surface area (Å²) in [5.74, 6) is -0.136. The smallest absolute Gasteiger partial charge is 0.267 e. The minimum atomic E-state index is -0.136. The molecule has 4 rings (SSSR count). The number of carbonyl (C=O) groups is 1. The first-order chi connectivity index (χ1) is 12.7. The monoisotopic (exact) mass is 338 g/mol. The summed E-state index contributed by atoms with van der Waals surface area (Å²) in [4.78, 5) is 13.0. The van der Waals surface area contributed by atoms with Gasteiger partial charge in [-0.2, -0.15) is 9.78 Å². The molecule has 3 aromatic carbocycles. The molecule has 1 aromatic heterocycles. The van der Waals surface area contributed by atoms with Gasteiger partial charge < -0.3 is 0 Å². The number of aromatic nitrogens is 2. The van der Waals surface area contributed by atoms with E-state index in [2.05, 4.69) is 24.2 Å². The van der Waals surface area contributed by atoms with Gasteiger partial charge in [0.25, 0.3) is 5.91 Å². The molecule has 26 heavy (non-hydrogen) atoms. The fraction of sp³-hybridized carbons (Fsp3) is 0.0435. The van der Waals surface area contributed by atoms with E-state index in [4.69, 9.17) is 0 Å². The summed E-state index contributed by atoms with van der Waals surface area (Å²) in [6, 6.07) is 29.2. The van der Waals surface area contributed by atoms with Crippen molar-refractivity contribution in [2.45, 2.75) is 6.92 Å². The summed E-state index contributed by atoms with van der Waals surface area (Å²) in [5.41, 5.74) is 5.33. The van der Waals surface area contributed by atoms with Crippen molar-refractivity contribution in [1.29, 1.82) is 0 Å². The number of carbonyl (C=O) groups excluding carboxylic acids is 1. The van der Waals surface area contributed by atoms with Crippen LogP contribution in [-0.2, 0) is 0 Å². The molecule has 0 N–H and O–H groups in total. The molecule has 3 nitrogen and oxygen atoms in total. The second-order valence-electron chi connectivity index (χ2n) is 6.23. The van der Waals surface area contributed by atoms with Crippen molar-refractivity contribution >= 4 is 5.91 Å². The Kier molecular flexibility index (Phi) is 4.20. The number of hydrogen-bond donors (Lipinski definition) is 0. The molecule has 0 unspecified atom stereocenters. The van der Waals surface area contributed by atoms with E-state index in [-0.39, 0.29) is 5.91 Å². The summed E-state index contributed by atoms with van der Waals surface area (Å²) in [7, 11) is 0. The first kappa shape index (κ1) is 16.0. The van der Waals surface area contributed by atoms with Gasteiger partial charge in [0.1, 0.15) is 0 Å². The number of nitrogens with zero attached hydrogens (tertiary/aromatic N) is 2. The van der Waals surface area contributed by atoms with Crippen LogP contribution in [0.15, 0.2) is 91.0 Å². The molecule has 0 bridgehead atoms. The van der Waals surface area contributed by atoms with Crippen molar-refractivity contribution in [3.63, 3.8) is 0 Å². The Morgan fingerprint density at radius 3 is 2.04 bits per heavy atom. The third kappa shape index (κ3) is 3.07. The zero-order chi connectivity index (χ0) is 17.9. The standard InChI is InChI=1S/C23H18N2O/c1-17-12-14-18(15-13-17)21-16-22(19-8-4-2-5-9-19)25(24-21)23(26)20-10-6-3-7-11-20/h2-16H,1H3. The maximum atomic E-state index is 13.0. The van der Waals surface area contributed by atoms with Gasteiger partial charge in [0.05, 0.1) is 11.4 Å². The highest BCUT2D eigenvalue weighted by molar-refractivity contribution is 5.98. The average molecular weight is 338 g/mol. The second kappa shape index (κ2) is 6.81. The summed E-state index contributed by atoms with van der Waals surface area (Å²) < 4.78 is 1.50. The fourth-order valence-corrected chi connectivity index (χ4v) is 2.92. The van der Waals surface area contributed by atoms with Crippen LogP contribution in [0.25, 0.3) is 22.5 Å². The maximum Gasteiger partial charge on any atom is 0.278 e. The minimum absolute atomic E-state index is 0.136. The molecular formula is C23H18N2O. The predicted molar refractivity (Wildman–Crippen MR) is 104 cm³/mol. The Bertz CT molecular complexity index is 1030. The van der Waals surface area contributed by atoms with Gasteiger partial charge in [-0.15, -0.1) is 0 Å². The van der Waals surface area contributed by atoms with E-state index in [1.807, 2.05) is 78.9 Å². The molecular weight excluding hydrogens is 320 g/mol. The maximum absolute atomic E-state index is 13.0. The normalized spacial score (nSPS) is 10.7. The van der Waals surface area contributed by atoms with E-state index in [9.17, 15) is 4.79 Å². The van der Waals surface area contributed by atoms with Crippen molar-refractivity contribution in [2.24, 2.45) is 0 Å². The summed E-state index contributed by atoms with van der Waals surface area (Å²) >= 11 is 0. The SMILES string of the molecule is Cc1ccc(-c2cc(-c3ccccc3)n(C(=O)c3ccccc3)n2)cc1. The van der Waals surface area contributed by atoms with Gasteiger partial charge in [0.2, 0.25) is 0 Å². The van der Waals surface area contributed by atoms with Gasteiger partial charge in [0.15, 0.2) is 0 Å². The lowest BCUT2D eigenvalue weighted by molar-refractivity contribution is 0.0947. The zero-order valence-electron chi connectivity index (χ0n) is 14.5. The van der Waals surface area contributed by atoms with Crippen molar-refractivity contribution in [2.75, 3.05) is 0 Å². The van der Waals surface area contributed by atoms with Crippen molar-refractivity contribution in [3.8, 4) is 22.5 Å². The molecule has 0 radical (unpaired) electrons. The van der Waals surface area contributed by atoms with Gasteiger partial charge in [-0.1, -0.05) is 78.4 Å². The predicted octanol–water partition coefficient (Wildman–Crippen LogP) is 5.21. The van der Waals surface area contributed by atoms with Crippen LogP contribution in [-0.4, -0.2) is 15.7 Å². The number of benzene rings is 3. The highest BCUT2D eigenvalue weighted by Crippen LogP contribution is 2.27. The lowest BCUT2D eigenvalue weighted by Gasteiger charge is -2.06. The molecule has 0 atom stereocenters. The van der Waals surface area contributed by atoms with E-state index in [1.165, 1.54) is 10.2 Å². The Labute approximate surface area is 152 Å². The number of aryl methyl sites for hydroxylation is 1. The van der Waals surface area contributed by atoms with E-state index < -0.39 is 0 Å². The van der Waals surface area contributed by atoms with Crippen LogP contribution in [0.1, 0.15) is 15.9 Å². The molecule has 3 heteroatoms. The summed E-state index contributed by atoms with van der Waals surface area (Å²) in [6.45, 7) is 2.05. The van der Waals surface area contributed by atoms with Gasteiger partial charge in [-0.05, 0) is 25.1 Å². The van der Waals surface area contributed by atoms with Gasteiger partial charge in [0, 0.05) is 16.7 Å². The largest absolute Gasteiger partial charge is 0.278 e.